The molecule has 0 unspecified atom stereocenters. The summed E-state index contributed by atoms with van der Waals surface area (Å²) in [5.74, 6) is 0. The van der Waals surface area contributed by atoms with Crippen molar-refractivity contribution in [1.29, 1.82) is 0 Å². The van der Waals surface area contributed by atoms with E-state index >= 15 is 0 Å². The number of ether oxygens (including phenoxy) is 1. The topological polar surface area (TPSA) is 41.6 Å². The van der Waals surface area contributed by atoms with Crippen LogP contribution in [0.2, 0.25) is 0 Å². The number of thiophene rings is 1. The number of nitrogens with zero attached hydrogens (tertiary/aromatic N) is 1. The molecule has 1 aliphatic rings. The molecule has 1 N–H and O–H groups in total. The largest absolute Gasteiger partial charge is 0.444 e. The highest BCUT2D eigenvalue weighted by Crippen LogP contribution is 2.18. The highest BCUT2D eigenvalue weighted by atomic mass is 32.1. The molecule has 0 saturated carbocycles. The van der Waals surface area contributed by atoms with E-state index < -0.39 is 5.60 Å². The zero-order valence-corrected chi connectivity index (χ0v) is 12.6. The molecule has 2 heterocycles. The van der Waals surface area contributed by atoms with Crippen LogP contribution in [0.3, 0.4) is 0 Å². The fraction of sp³-hybridized carbons (Fsp3) is 0.643. The monoisotopic (exact) mass is 282 g/mol. The van der Waals surface area contributed by atoms with Gasteiger partial charge < -0.3 is 15.0 Å². The van der Waals surface area contributed by atoms with E-state index in [4.69, 9.17) is 4.74 Å². The van der Waals surface area contributed by atoms with Crippen molar-refractivity contribution in [3.63, 3.8) is 0 Å². The third-order valence-corrected chi connectivity index (χ3v) is 3.89. The second-order valence-corrected chi connectivity index (χ2v) is 6.85. The summed E-state index contributed by atoms with van der Waals surface area (Å²) < 4.78 is 5.49. The highest BCUT2D eigenvalue weighted by Gasteiger charge is 2.30. The zero-order chi connectivity index (χ0) is 13.9. The molecule has 0 radical (unpaired) electrons. The van der Waals surface area contributed by atoms with Gasteiger partial charge in [0.15, 0.2) is 0 Å². The Labute approximate surface area is 118 Å². The molecule has 0 aliphatic carbocycles. The Morgan fingerprint density at radius 3 is 3.00 bits per heavy atom. The first-order chi connectivity index (χ1) is 8.96. The van der Waals surface area contributed by atoms with E-state index in [1.54, 1.807) is 11.3 Å². The molecular weight excluding hydrogens is 260 g/mol. The summed E-state index contributed by atoms with van der Waals surface area (Å²) in [6.45, 7) is 8.09. The van der Waals surface area contributed by atoms with Crippen LogP contribution in [0.5, 0.6) is 0 Å². The normalized spacial score (nSPS) is 20.4. The van der Waals surface area contributed by atoms with Gasteiger partial charge in [-0.3, -0.25) is 0 Å². The van der Waals surface area contributed by atoms with Crippen molar-refractivity contribution in [2.24, 2.45) is 0 Å². The summed E-state index contributed by atoms with van der Waals surface area (Å²) in [4.78, 5) is 15.4. The molecule has 1 atom stereocenters. The van der Waals surface area contributed by atoms with Gasteiger partial charge >= 0.3 is 6.09 Å². The van der Waals surface area contributed by atoms with Crippen LogP contribution < -0.4 is 5.32 Å². The number of amides is 1. The summed E-state index contributed by atoms with van der Waals surface area (Å²) >= 11 is 1.74. The van der Waals surface area contributed by atoms with Crippen LogP contribution in [-0.2, 0) is 11.2 Å². The summed E-state index contributed by atoms with van der Waals surface area (Å²) in [6, 6.07) is 4.35. The van der Waals surface area contributed by atoms with Crippen LogP contribution in [0, 0.1) is 0 Å². The maximum absolute atomic E-state index is 12.2. The van der Waals surface area contributed by atoms with Gasteiger partial charge in [-0.25, -0.2) is 4.79 Å². The molecule has 106 valence electrons. The molecule has 1 fully saturated rings. The van der Waals surface area contributed by atoms with Gasteiger partial charge in [-0.1, -0.05) is 6.07 Å². The maximum atomic E-state index is 12.2. The highest BCUT2D eigenvalue weighted by molar-refractivity contribution is 7.09. The Balaban J connectivity index is 2.01. The van der Waals surface area contributed by atoms with Gasteiger partial charge in [-0.2, -0.15) is 0 Å². The van der Waals surface area contributed by atoms with Gasteiger partial charge in [0.25, 0.3) is 0 Å². The molecule has 2 rings (SSSR count). The lowest BCUT2D eigenvalue weighted by molar-refractivity contribution is 0.0122. The summed E-state index contributed by atoms with van der Waals surface area (Å²) in [5, 5.41) is 5.42. The van der Waals surface area contributed by atoms with Gasteiger partial charge in [0, 0.05) is 30.9 Å². The second-order valence-electron chi connectivity index (χ2n) is 5.82. The molecule has 0 spiro atoms. The average Bonchev–Trinajstić information content (AvgIpc) is 2.80. The van der Waals surface area contributed by atoms with Crippen molar-refractivity contribution in [1.82, 2.24) is 10.2 Å². The lowest BCUT2D eigenvalue weighted by Crippen LogP contribution is -2.55. The molecule has 1 aromatic rings. The number of hydrogen-bond acceptors (Lipinski definition) is 4. The van der Waals surface area contributed by atoms with Crippen LogP contribution in [-0.4, -0.2) is 42.3 Å². The van der Waals surface area contributed by atoms with Crippen molar-refractivity contribution in [2.75, 3.05) is 19.6 Å². The number of hydrogen-bond donors (Lipinski definition) is 1. The molecule has 5 heteroatoms. The number of carbonyl (C=O) groups is 1. The molecular formula is C14H22N2O2S. The molecule has 1 aliphatic heterocycles. The van der Waals surface area contributed by atoms with Gasteiger partial charge in [-0.05, 0) is 32.2 Å². The summed E-state index contributed by atoms with van der Waals surface area (Å²) in [7, 11) is 0. The van der Waals surface area contributed by atoms with E-state index in [-0.39, 0.29) is 12.1 Å². The first kappa shape index (κ1) is 14.3. The standard InChI is InChI=1S/C14H22N2O2S/c1-14(2,3)18-13(17)16-7-6-15-10-11(16)9-12-5-4-8-19-12/h4-5,8,11,15H,6-7,9-10H2,1-3H3/t11-/m1/s1. The van der Waals surface area contributed by atoms with Crippen LogP contribution in [0.4, 0.5) is 4.79 Å². The summed E-state index contributed by atoms with van der Waals surface area (Å²) in [6.07, 6.45) is 0.694. The SMILES string of the molecule is CC(C)(C)OC(=O)N1CCNC[C@H]1Cc1cccs1. The quantitative estimate of drug-likeness (QED) is 0.906. The lowest BCUT2D eigenvalue weighted by Gasteiger charge is -2.37. The second kappa shape index (κ2) is 5.92. The van der Waals surface area contributed by atoms with Crippen molar-refractivity contribution in [3.05, 3.63) is 22.4 Å². The Hall–Kier alpha value is -1.07. The maximum Gasteiger partial charge on any atom is 0.410 e. The third-order valence-electron chi connectivity index (χ3n) is 3.00. The van der Waals surface area contributed by atoms with E-state index in [1.807, 2.05) is 31.7 Å². The Kier molecular flexibility index (Phi) is 4.47. The van der Waals surface area contributed by atoms with Crippen LogP contribution in [0.1, 0.15) is 25.6 Å². The average molecular weight is 282 g/mol. The minimum absolute atomic E-state index is 0.183. The molecule has 0 aromatic carbocycles. The van der Waals surface area contributed by atoms with Crippen molar-refractivity contribution in [3.8, 4) is 0 Å². The first-order valence-electron chi connectivity index (χ1n) is 6.68. The van der Waals surface area contributed by atoms with E-state index in [0.29, 0.717) is 6.54 Å². The zero-order valence-electron chi connectivity index (χ0n) is 11.8. The predicted octanol–water partition coefficient (Wildman–Crippen LogP) is 2.50. The van der Waals surface area contributed by atoms with E-state index in [9.17, 15) is 4.79 Å². The van der Waals surface area contributed by atoms with Crippen molar-refractivity contribution >= 4 is 17.4 Å². The van der Waals surface area contributed by atoms with Crippen LogP contribution in [0.25, 0.3) is 0 Å². The smallest absolute Gasteiger partial charge is 0.410 e. The number of nitrogens with one attached hydrogen (secondary N) is 1. The minimum Gasteiger partial charge on any atom is -0.444 e. The molecule has 1 amide bonds. The fourth-order valence-corrected chi connectivity index (χ4v) is 2.94. The fourth-order valence-electron chi connectivity index (χ4n) is 2.17. The van der Waals surface area contributed by atoms with Crippen molar-refractivity contribution in [2.45, 2.75) is 38.8 Å². The van der Waals surface area contributed by atoms with E-state index in [1.165, 1.54) is 4.88 Å². The lowest BCUT2D eigenvalue weighted by atomic mass is 10.1. The predicted molar refractivity (Wildman–Crippen MR) is 77.6 cm³/mol. The number of carbonyl (C=O) groups excluding carboxylic acids is 1. The molecule has 0 bridgehead atoms. The van der Waals surface area contributed by atoms with Crippen LogP contribution >= 0.6 is 11.3 Å². The Morgan fingerprint density at radius 1 is 1.58 bits per heavy atom. The van der Waals surface area contributed by atoms with Gasteiger partial charge in [-0.15, -0.1) is 11.3 Å². The minimum atomic E-state index is -0.435. The summed E-state index contributed by atoms with van der Waals surface area (Å²) in [5.41, 5.74) is -0.435. The number of piperazine rings is 1. The van der Waals surface area contributed by atoms with Crippen LogP contribution in [0.15, 0.2) is 17.5 Å². The molecule has 4 nitrogen and oxygen atoms in total. The molecule has 1 saturated heterocycles. The van der Waals surface area contributed by atoms with E-state index in [0.717, 1.165) is 19.5 Å². The van der Waals surface area contributed by atoms with Crippen molar-refractivity contribution < 1.29 is 9.53 Å². The third kappa shape index (κ3) is 4.21. The molecule has 19 heavy (non-hydrogen) atoms. The Morgan fingerprint density at radius 2 is 2.37 bits per heavy atom. The first-order valence-corrected chi connectivity index (χ1v) is 7.56. The Bertz CT molecular complexity index is 412. The van der Waals surface area contributed by atoms with E-state index in [2.05, 4.69) is 16.8 Å². The number of rotatable bonds is 2. The molecule has 1 aromatic heterocycles. The van der Waals surface area contributed by atoms with Gasteiger partial charge in [0.05, 0.1) is 6.04 Å². The van der Waals surface area contributed by atoms with Gasteiger partial charge in [0.2, 0.25) is 0 Å². The van der Waals surface area contributed by atoms with Gasteiger partial charge in [0.1, 0.15) is 5.60 Å².